The van der Waals surface area contributed by atoms with E-state index in [9.17, 15) is 15.0 Å². The number of aryl methyl sites for hydroxylation is 2. The fourth-order valence-electron chi connectivity index (χ4n) is 3.59. The van der Waals surface area contributed by atoms with Gasteiger partial charge in [0.15, 0.2) is 0 Å². The lowest BCUT2D eigenvalue weighted by molar-refractivity contribution is 0.0693. The number of rotatable bonds is 6. The predicted molar refractivity (Wildman–Crippen MR) is 112 cm³/mol. The zero-order chi connectivity index (χ0) is 20.3. The molecule has 3 nitrogen and oxygen atoms in total. The van der Waals surface area contributed by atoms with Crippen molar-refractivity contribution in [1.29, 1.82) is 0 Å². The van der Waals surface area contributed by atoms with Crippen molar-refractivity contribution in [2.24, 2.45) is 0 Å². The van der Waals surface area contributed by atoms with E-state index < -0.39 is 5.97 Å². The fraction of sp³-hybridized carbons (Fsp3) is 0.240. The summed E-state index contributed by atoms with van der Waals surface area (Å²) in [7, 11) is 0. The van der Waals surface area contributed by atoms with E-state index in [4.69, 9.17) is 0 Å². The Kier molecular flexibility index (Phi) is 5.84. The first-order valence-corrected chi connectivity index (χ1v) is 9.54. The molecule has 0 radical (unpaired) electrons. The van der Waals surface area contributed by atoms with Gasteiger partial charge in [0.2, 0.25) is 0 Å². The molecule has 28 heavy (non-hydrogen) atoms. The molecule has 3 rings (SSSR count). The number of hydrogen-bond donors (Lipinski definition) is 2. The number of carboxylic acids is 1. The van der Waals surface area contributed by atoms with Crippen molar-refractivity contribution >= 4 is 5.97 Å². The van der Waals surface area contributed by atoms with Crippen LogP contribution in [0.15, 0.2) is 66.7 Å². The van der Waals surface area contributed by atoms with Gasteiger partial charge in [-0.05, 0) is 55.0 Å². The van der Waals surface area contributed by atoms with Crippen molar-refractivity contribution < 1.29 is 15.0 Å². The molecule has 3 aromatic carbocycles. The summed E-state index contributed by atoms with van der Waals surface area (Å²) in [4.78, 5) is 11.2. The van der Waals surface area contributed by atoms with Gasteiger partial charge in [-0.25, -0.2) is 4.79 Å². The van der Waals surface area contributed by atoms with Crippen molar-refractivity contribution in [3.8, 4) is 5.75 Å². The highest BCUT2D eigenvalue weighted by Gasteiger charge is 2.21. The Hall–Kier alpha value is -3.07. The van der Waals surface area contributed by atoms with E-state index in [0.717, 1.165) is 17.5 Å². The van der Waals surface area contributed by atoms with Crippen LogP contribution in [0.1, 0.15) is 63.4 Å². The van der Waals surface area contributed by atoms with Gasteiger partial charge in [-0.1, -0.05) is 72.6 Å². The molecule has 0 aliphatic carbocycles. The van der Waals surface area contributed by atoms with Crippen LogP contribution in [0.3, 0.4) is 0 Å². The molecule has 0 aromatic heterocycles. The van der Waals surface area contributed by atoms with Gasteiger partial charge in [0.05, 0.1) is 0 Å². The summed E-state index contributed by atoms with van der Waals surface area (Å²) in [6, 6.07) is 21.9. The second-order valence-electron chi connectivity index (χ2n) is 7.59. The molecule has 0 aliphatic heterocycles. The van der Waals surface area contributed by atoms with Crippen LogP contribution in [-0.2, 0) is 0 Å². The van der Waals surface area contributed by atoms with Crippen LogP contribution in [0.4, 0.5) is 0 Å². The molecule has 2 atom stereocenters. The Morgan fingerprint density at radius 3 is 1.82 bits per heavy atom. The van der Waals surface area contributed by atoms with E-state index >= 15 is 0 Å². The van der Waals surface area contributed by atoms with Crippen LogP contribution >= 0.6 is 0 Å². The van der Waals surface area contributed by atoms with Gasteiger partial charge in [0.1, 0.15) is 11.3 Å². The molecular formula is C25H26O3. The molecule has 0 aliphatic rings. The van der Waals surface area contributed by atoms with Crippen molar-refractivity contribution in [3.05, 3.63) is 100 Å². The highest BCUT2D eigenvalue weighted by molar-refractivity contribution is 5.90. The zero-order valence-electron chi connectivity index (χ0n) is 16.5. The minimum Gasteiger partial charge on any atom is -0.507 e. The number of aromatic hydroxyl groups is 1. The molecule has 3 heteroatoms. The number of carboxylic acid groups (broad SMARTS) is 1. The Morgan fingerprint density at radius 1 is 0.821 bits per heavy atom. The minimum atomic E-state index is -1.12. The van der Waals surface area contributed by atoms with E-state index in [1.807, 2.05) is 6.07 Å². The van der Waals surface area contributed by atoms with Crippen molar-refractivity contribution in [3.63, 3.8) is 0 Å². The summed E-state index contributed by atoms with van der Waals surface area (Å²) < 4.78 is 0. The van der Waals surface area contributed by atoms with Gasteiger partial charge in [-0.3, -0.25) is 0 Å². The third-order valence-electron chi connectivity index (χ3n) is 5.37. The second kappa shape index (κ2) is 8.30. The maximum atomic E-state index is 11.2. The zero-order valence-corrected chi connectivity index (χ0v) is 16.5. The summed E-state index contributed by atoms with van der Waals surface area (Å²) in [5, 5.41) is 19.4. The van der Waals surface area contributed by atoms with E-state index in [0.29, 0.717) is 5.92 Å². The van der Waals surface area contributed by atoms with Gasteiger partial charge < -0.3 is 10.2 Å². The molecule has 2 unspecified atom stereocenters. The molecule has 0 spiro atoms. The van der Waals surface area contributed by atoms with Crippen LogP contribution in [0.2, 0.25) is 0 Å². The van der Waals surface area contributed by atoms with Crippen LogP contribution in [0.25, 0.3) is 0 Å². The monoisotopic (exact) mass is 374 g/mol. The lowest BCUT2D eigenvalue weighted by Gasteiger charge is -2.23. The smallest absolute Gasteiger partial charge is 0.339 e. The van der Waals surface area contributed by atoms with Gasteiger partial charge in [0.25, 0.3) is 0 Å². The first-order valence-electron chi connectivity index (χ1n) is 9.54. The minimum absolute atomic E-state index is 0.0608. The standard InChI is InChI=1S/C25H26O3/c1-16-4-8-19(9-5-16)18(3)14-23(20-10-6-17(2)7-11-20)21-12-13-22(25(27)28)24(26)15-21/h4-13,15,18,23,26H,14H2,1-3H3,(H,27,28). The van der Waals surface area contributed by atoms with Gasteiger partial charge in [0, 0.05) is 5.92 Å². The van der Waals surface area contributed by atoms with Crippen LogP contribution < -0.4 is 0 Å². The molecule has 0 heterocycles. The molecule has 3 aromatic rings. The highest BCUT2D eigenvalue weighted by Crippen LogP contribution is 2.37. The SMILES string of the molecule is Cc1ccc(C(C)CC(c2ccc(C)cc2)c2ccc(C(=O)O)c(O)c2)cc1. The molecule has 0 saturated heterocycles. The molecule has 144 valence electrons. The predicted octanol–water partition coefficient (Wildman–Crippen LogP) is 6.03. The van der Waals surface area contributed by atoms with E-state index in [1.165, 1.54) is 22.8 Å². The third kappa shape index (κ3) is 4.42. The molecular weight excluding hydrogens is 348 g/mol. The summed E-state index contributed by atoms with van der Waals surface area (Å²) in [5.41, 5.74) is 5.71. The molecule has 0 saturated carbocycles. The summed E-state index contributed by atoms with van der Waals surface area (Å²) in [6.07, 6.45) is 0.859. The molecule has 0 bridgehead atoms. The maximum Gasteiger partial charge on any atom is 0.339 e. The van der Waals surface area contributed by atoms with Crippen LogP contribution in [0, 0.1) is 13.8 Å². The number of hydrogen-bond acceptors (Lipinski definition) is 2. The fourth-order valence-corrected chi connectivity index (χ4v) is 3.59. The van der Waals surface area contributed by atoms with E-state index in [-0.39, 0.29) is 17.2 Å². The summed E-state index contributed by atoms with van der Waals surface area (Å²) in [5.74, 6) is -0.937. The van der Waals surface area contributed by atoms with Gasteiger partial charge in [-0.15, -0.1) is 0 Å². The Bertz CT molecular complexity index is 956. The molecule has 0 fully saturated rings. The largest absolute Gasteiger partial charge is 0.507 e. The Balaban J connectivity index is 1.97. The third-order valence-corrected chi connectivity index (χ3v) is 5.37. The van der Waals surface area contributed by atoms with E-state index in [2.05, 4.69) is 69.3 Å². The highest BCUT2D eigenvalue weighted by atomic mass is 16.4. The summed E-state index contributed by atoms with van der Waals surface area (Å²) in [6.45, 7) is 6.34. The first kappa shape index (κ1) is 19.7. The number of carbonyl (C=O) groups is 1. The number of phenols is 1. The van der Waals surface area contributed by atoms with Crippen LogP contribution in [0.5, 0.6) is 5.75 Å². The number of aromatic carboxylic acids is 1. The average Bonchev–Trinajstić information content (AvgIpc) is 2.67. The van der Waals surface area contributed by atoms with Crippen molar-refractivity contribution in [1.82, 2.24) is 0 Å². The molecule has 2 N–H and O–H groups in total. The normalized spacial score (nSPS) is 13.1. The Morgan fingerprint density at radius 2 is 1.32 bits per heavy atom. The first-order chi connectivity index (χ1) is 13.3. The quantitative estimate of drug-likeness (QED) is 0.553. The average molecular weight is 374 g/mol. The topological polar surface area (TPSA) is 57.5 Å². The van der Waals surface area contributed by atoms with Crippen molar-refractivity contribution in [2.75, 3.05) is 0 Å². The second-order valence-corrected chi connectivity index (χ2v) is 7.59. The van der Waals surface area contributed by atoms with E-state index in [1.54, 1.807) is 6.07 Å². The molecule has 0 amide bonds. The maximum absolute atomic E-state index is 11.2. The van der Waals surface area contributed by atoms with Crippen molar-refractivity contribution in [2.45, 2.75) is 39.0 Å². The number of benzene rings is 3. The lowest BCUT2D eigenvalue weighted by atomic mass is 9.81. The lowest BCUT2D eigenvalue weighted by Crippen LogP contribution is -2.07. The summed E-state index contributed by atoms with van der Waals surface area (Å²) >= 11 is 0. The van der Waals surface area contributed by atoms with Gasteiger partial charge in [-0.2, -0.15) is 0 Å². The van der Waals surface area contributed by atoms with Crippen LogP contribution in [-0.4, -0.2) is 16.2 Å². The Labute approximate surface area is 166 Å². The van der Waals surface area contributed by atoms with Gasteiger partial charge >= 0.3 is 5.97 Å².